The molecule has 0 bridgehead atoms. The molecule has 0 spiro atoms. The second kappa shape index (κ2) is 5.66. The van der Waals surface area contributed by atoms with Crippen LogP contribution in [0.5, 0.6) is 0 Å². The highest BCUT2D eigenvalue weighted by molar-refractivity contribution is 5.97. The third-order valence-corrected chi connectivity index (χ3v) is 3.81. The van der Waals surface area contributed by atoms with Crippen molar-refractivity contribution in [2.75, 3.05) is 6.54 Å². The Morgan fingerprint density at radius 1 is 1.18 bits per heavy atom. The summed E-state index contributed by atoms with van der Waals surface area (Å²) < 4.78 is 0. The minimum atomic E-state index is -1.10. The van der Waals surface area contributed by atoms with Crippen LogP contribution < -0.4 is 5.32 Å². The van der Waals surface area contributed by atoms with Gasteiger partial charge in [-0.05, 0) is 36.1 Å². The lowest BCUT2D eigenvalue weighted by molar-refractivity contribution is 0.0526. The average molecular weight is 294 g/mol. The first-order valence-electron chi connectivity index (χ1n) is 7.19. The third kappa shape index (κ3) is 2.87. The van der Waals surface area contributed by atoms with E-state index < -0.39 is 5.60 Å². The Morgan fingerprint density at radius 2 is 1.95 bits per heavy atom. The number of fused-ring (bicyclic) bond motifs is 1. The summed E-state index contributed by atoms with van der Waals surface area (Å²) >= 11 is 0. The molecule has 1 heterocycles. The first-order valence-corrected chi connectivity index (χ1v) is 7.19. The fraction of sp³-hybridized carbons (Fsp3) is 0.167. The number of carbonyl (C=O) groups is 1. The monoisotopic (exact) mass is 294 g/mol. The fourth-order valence-corrected chi connectivity index (χ4v) is 2.44. The van der Waals surface area contributed by atoms with Crippen LogP contribution in [0, 0.1) is 0 Å². The number of benzene rings is 2. The lowest BCUT2D eigenvalue weighted by Gasteiger charge is -2.24. The van der Waals surface area contributed by atoms with Crippen molar-refractivity contribution >= 4 is 16.8 Å². The van der Waals surface area contributed by atoms with Crippen molar-refractivity contribution in [2.24, 2.45) is 0 Å². The number of hydrogen-bond acceptors (Lipinski definition) is 2. The predicted molar refractivity (Wildman–Crippen MR) is 86.6 cm³/mol. The molecular weight excluding hydrogens is 276 g/mol. The molecule has 4 nitrogen and oxygen atoms in total. The summed E-state index contributed by atoms with van der Waals surface area (Å²) in [6.45, 7) is 1.84. The number of carbonyl (C=O) groups excluding carboxylic acids is 1. The van der Waals surface area contributed by atoms with Crippen LogP contribution in [0.3, 0.4) is 0 Å². The molecule has 2 aromatic carbocycles. The molecule has 22 heavy (non-hydrogen) atoms. The Balaban J connectivity index is 1.71. The summed E-state index contributed by atoms with van der Waals surface area (Å²) in [5.74, 6) is -0.201. The van der Waals surface area contributed by atoms with Crippen molar-refractivity contribution in [3.63, 3.8) is 0 Å². The molecule has 0 radical (unpaired) electrons. The quantitative estimate of drug-likeness (QED) is 0.693. The molecule has 3 aromatic rings. The van der Waals surface area contributed by atoms with Crippen LogP contribution in [-0.2, 0) is 5.60 Å². The van der Waals surface area contributed by atoms with Crippen LogP contribution in [0.25, 0.3) is 10.9 Å². The van der Waals surface area contributed by atoms with Gasteiger partial charge < -0.3 is 15.4 Å². The maximum atomic E-state index is 12.3. The zero-order valence-electron chi connectivity index (χ0n) is 12.3. The van der Waals surface area contributed by atoms with Gasteiger partial charge in [0, 0.05) is 17.3 Å². The minimum absolute atomic E-state index is 0.151. The molecule has 1 amide bonds. The third-order valence-electron chi connectivity index (χ3n) is 3.81. The highest BCUT2D eigenvalue weighted by Crippen LogP contribution is 2.19. The zero-order chi connectivity index (χ0) is 15.6. The van der Waals surface area contributed by atoms with Crippen molar-refractivity contribution in [2.45, 2.75) is 12.5 Å². The molecule has 1 atom stereocenters. The fourth-order valence-electron chi connectivity index (χ4n) is 2.44. The molecular formula is C18H18N2O2. The van der Waals surface area contributed by atoms with Crippen LogP contribution in [0.2, 0.25) is 0 Å². The molecule has 0 fully saturated rings. The van der Waals surface area contributed by atoms with Crippen molar-refractivity contribution in [1.29, 1.82) is 0 Å². The summed E-state index contributed by atoms with van der Waals surface area (Å²) in [5, 5.41) is 14.4. The molecule has 3 N–H and O–H groups in total. The van der Waals surface area contributed by atoms with E-state index in [4.69, 9.17) is 0 Å². The Kier molecular flexibility index (Phi) is 3.69. The Bertz CT molecular complexity index is 791. The molecule has 1 unspecified atom stereocenters. The predicted octanol–water partition coefficient (Wildman–Crippen LogP) is 2.81. The van der Waals surface area contributed by atoms with E-state index in [1.807, 2.05) is 54.7 Å². The molecule has 4 heteroatoms. The van der Waals surface area contributed by atoms with Gasteiger partial charge in [-0.1, -0.05) is 36.4 Å². The van der Waals surface area contributed by atoms with E-state index >= 15 is 0 Å². The summed E-state index contributed by atoms with van der Waals surface area (Å²) in [6, 6.07) is 16.8. The van der Waals surface area contributed by atoms with Crippen LogP contribution in [-0.4, -0.2) is 22.5 Å². The summed E-state index contributed by atoms with van der Waals surface area (Å²) in [7, 11) is 0. The van der Waals surface area contributed by atoms with Gasteiger partial charge in [0.15, 0.2) is 0 Å². The topological polar surface area (TPSA) is 65.1 Å². The van der Waals surface area contributed by atoms with Gasteiger partial charge in [-0.15, -0.1) is 0 Å². The smallest absolute Gasteiger partial charge is 0.251 e. The number of aromatic nitrogens is 1. The highest BCUT2D eigenvalue weighted by atomic mass is 16.3. The summed E-state index contributed by atoms with van der Waals surface area (Å²) in [4.78, 5) is 15.3. The van der Waals surface area contributed by atoms with Crippen molar-refractivity contribution in [1.82, 2.24) is 10.3 Å². The number of aliphatic hydroxyl groups is 1. The second-order valence-electron chi connectivity index (χ2n) is 5.60. The number of nitrogens with one attached hydrogen (secondary N) is 2. The second-order valence-corrected chi connectivity index (χ2v) is 5.60. The van der Waals surface area contributed by atoms with E-state index in [9.17, 15) is 9.90 Å². The van der Waals surface area contributed by atoms with Gasteiger partial charge in [0.2, 0.25) is 0 Å². The molecule has 0 saturated carbocycles. The minimum Gasteiger partial charge on any atom is -0.384 e. The standard InChI is InChI=1S/C18H18N2O2/c1-18(22,15-5-3-2-4-6-15)12-20-17(21)14-8-7-13-9-10-19-16(13)11-14/h2-11,19,22H,12H2,1H3,(H,20,21). The lowest BCUT2D eigenvalue weighted by atomic mass is 9.96. The molecule has 0 saturated heterocycles. The number of H-pyrrole nitrogens is 1. The number of aromatic amines is 1. The maximum Gasteiger partial charge on any atom is 0.251 e. The van der Waals surface area contributed by atoms with Crippen LogP contribution in [0.4, 0.5) is 0 Å². The molecule has 0 aliphatic carbocycles. The van der Waals surface area contributed by atoms with Crippen molar-refractivity contribution < 1.29 is 9.90 Å². The molecule has 112 valence electrons. The van der Waals surface area contributed by atoms with Gasteiger partial charge in [-0.2, -0.15) is 0 Å². The van der Waals surface area contributed by atoms with Gasteiger partial charge in [-0.25, -0.2) is 0 Å². The van der Waals surface area contributed by atoms with E-state index in [1.165, 1.54) is 0 Å². The van der Waals surface area contributed by atoms with Gasteiger partial charge in [0.25, 0.3) is 5.91 Å². The Hall–Kier alpha value is -2.59. The number of amides is 1. The van der Waals surface area contributed by atoms with Crippen LogP contribution in [0.1, 0.15) is 22.8 Å². The Labute approximate surface area is 128 Å². The molecule has 0 aliphatic heterocycles. The van der Waals surface area contributed by atoms with Gasteiger partial charge in [0.1, 0.15) is 5.60 Å². The summed E-state index contributed by atoms with van der Waals surface area (Å²) in [6.07, 6.45) is 1.84. The highest BCUT2D eigenvalue weighted by Gasteiger charge is 2.23. The molecule has 0 aliphatic rings. The largest absolute Gasteiger partial charge is 0.384 e. The van der Waals surface area contributed by atoms with E-state index in [2.05, 4.69) is 10.3 Å². The van der Waals surface area contributed by atoms with E-state index in [0.29, 0.717) is 5.56 Å². The maximum absolute atomic E-state index is 12.3. The Morgan fingerprint density at radius 3 is 2.73 bits per heavy atom. The van der Waals surface area contributed by atoms with Gasteiger partial charge in [-0.3, -0.25) is 4.79 Å². The van der Waals surface area contributed by atoms with Crippen LogP contribution in [0.15, 0.2) is 60.8 Å². The van der Waals surface area contributed by atoms with Crippen LogP contribution >= 0.6 is 0 Å². The first kappa shape index (κ1) is 14.4. The van der Waals surface area contributed by atoms with E-state index in [-0.39, 0.29) is 12.5 Å². The van der Waals surface area contributed by atoms with Crippen molar-refractivity contribution in [3.05, 3.63) is 71.9 Å². The van der Waals surface area contributed by atoms with Gasteiger partial charge in [0.05, 0.1) is 6.54 Å². The molecule has 1 aromatic heterocycles. The normalized spacial score (nSPS) is 13.7. The van der Waals surface area contributed by atoms with E-state index in [0.717, 1.165) is 16.5 Å². The number of rotatable bonds is 4. The SMILES string of the molecule is CC(O)(CNC(=O)c1ccc2cc[nH]c2c1)c1ccccc1. The number of hydrogen-bond donors (Lipinski definition) is 3. The molecule has 3 rings (SSSR count). The van der Waals surface area contributed by atoms with Crippen molar-refractivity contribution in [3.8, 4) is 0 Å². The lowest BCUT2D eigenvalue weighted by Crippen LogP contribution is -2.38. The van der Waals surface area contributed by atoms with Gasteiger partial charge >= 0.3 is 0 Å². The summed E-state index contributed by atoms with van der Waals surface area (Å²) in [5.41, 5.74) is 1.16. The van der Waals surface area contributed by atoms with E-state index in [1.54, 1.807) is 13.0 Å². The zero-order valence-corrected chi connectivity index (χ0v) is 12.3. The first-order chi connectivity index (χ1) is 10.6. The average Bonchev–Trinajstić information content (AvgIpc) is 3.01.